The minimum absolute atomic E-state index is 0.0182. The number of hydrogen-bond acceptors (Lipinski definition) is 4. The van der Waals surface area contributed by atoms with Crippen LogP contribution in [0.25, 0.3) is 0 Å². The maximum atomic E-state index is 12.6. The third-order valence-corrected chi connectivity index (χ3v) is 3.73. The zero-order chi connectivity index (χ0) is 15.7. The quantitative estimate of drug-likeness (QED) is 0.855. The molecular weight excluding hydrogens is 282 g/mol. The van der Waals surface area contributed by atoms with Gasteiger partial charge in [-0.2, -0.15) is 5.10 Å². The third-order valence-electron chi connectivity index (χ3n) is 3.73. The summed E-state index contributed by atoms with van der Waals surface area (Å²) in [5.41, 5.74) is 0.468. The van der Waals surface area contributed by atoms with Crippen molar-refractivity contribution in [2.24, 2.45) is 0 Å². The molecule has 0 N–H and O–H groups in total. The van der Waals surface area contributed by atoms with Crippen LogP contribution in [0.5, 0.6) is 0 Å². The molecule has 2 aromatic heterocycles. The van der Waals surface area contributed by atoms with Gasteiger partial charge in [0.1, 0.15) is 11.9 Å². The molecule has 1 aliphatic heterocycles. The Hall–Kier alpha value is -2.08. The molecule has 0 aliphatic carbocycles. The summed E-state index contributed by atoms with van der Waals surface area (Å²) < 4.78 is 12.9. The summed E-state index contributed by atoms with van der Waals surface area (Å²) >= 11 is 0. The van der Waals surface area contributed by atoms with E-state index in [4.69, 9.17) is 9.15 Å². The van der Waals surface area contributed by atoms with Crippen LogP contribution in [0.1, 0.15) is 43.0 Å². The molecule has 118 valence electrons. The third kappa shape index (κ3) is 2.92. The van der Waals surface area contributed by atoms with Crippen molar-refractivity contribution in [1.29, 1.82) is 0 Å². The van der Waals surface area contributed by atoms with E-state index in [1.165, 1.54) is 0 Å². The Morgan fingerprint density at radius 2 is 2.23 bits per heavy atom. The largest absolute Gasteiger partial charge is 0.467 e. The predicted octanol–water partition coefficient (Wildman–Crippen LogP) is 2.44. The molecule has 0 bridgehead atoms. The molecule has 1 aliphatic rings. The first-order valence-corrected chi connectivity index (χ1v) is 7.44. The molecular formula is C16H21N3O3. The number of furan rings is 1. The van der Waals surface area contributed by atoms with Crippen molar-refractivity contribution in [2.45, 2.75) is 32.4 Å². The van der Waals surface area contributed by atoms with E-state index in [2.05, 4.69) is 25.9 Å². The summed E-state index contributed by atoms with van der Waals surface area (Å²) in [6.45, 7) is 7.73. The SMILES string of the molecule is CC(C)(C)n1cc(C(=O)N2CCO[C@@H](c3ccco3)C2)cn1. The molecule has 0 aromatic carbocycles. The second-order valence-corrected chi connectivity index (χ2v) is 6.47. The molecule has 0 saturated carbocycles. The number of hydrogen-bond donors (Lipinski definition) is 0. The molecule has 2 aromatic rings. The highest BCUT2D eigenvalue weighted by molar-refractivity contribution is 5.93. The van der Waals surface area contributed by atoms with Gasteiger partial charge in [0.25, 0.3) is 5.91 Å². The lowest BCUT2D eigenvalue weighted by atomic mass is 10.1. The van der Waals surface area contributed by atoms with Crippen LogP contribution in [0.15, 0.2) is 35.2 Å². The van der Waals surface area contributed by atoms with Gasteiger partial charge in [0, 0.05) is 12.7 Å². The maximum Gasteiger partial charge on any atom is 0.257 e. The fraction of sp³-hybridized carbons (Fsp3) is 0.500. The van der Waals surface area contributed by atoms with Crippen LogP contribution >= 0.6 is 0 Å². The second kappa shape index (κ2) is 5.61. The number of carbonyl (C=O) groups excluding carboxylic acids is 1. The number of carbonyl (C=O) groups is 1. The number of morpholine rings is 1. The van der Waals surface area contributed by atoms with Gasteiger partial charge in [-0.3, -0.25) is 9.48 Å². The van der Waals surface area contributed by atoms with Crippen molar-refractivity contribution >= 4 is 5.91 Å². The standard InChI is InChI=1S/C16H21N3O3/c1-16(2,3)19-10-12(9-17-19)15(20)18-6-8-22-14(11-18)13-5-4-7-21-13/h4-5,7,9-10,14H,6,8,11H2,1-3H3/t14-/m1/s1. The van der Waals surface area contributed by atoms with Crippen molar-refractivity contribution in [3.05, 3.63) is 42.1 Å². The second-order valence-electron chi connectivity index (χ2n) is 6.47. The minimum atomic E-state index is -0.203. The average molecular weight is 303 g/mol. The van der Waals surface area contributed by atoms with Crippen LogP contribution in [-0.4, -0.2) is 40.3 Å². The Morgan fingerprint density at radius 1 is 1.41 bits per heavy atom. The van der Waals surface area contributed by atoms with E-state index in [-0.39, 0.29) is 17.6 Å². The highest BCUT2D eigenvalue weighted by Crippen LogP contribution is 2.24. The number of amides is 1. The summed E-state index contributed by atoms with van der Waals surface area (Å²) in [4.78, 5) is 14.4. The lowest BCUT2D eigenvalue weighted by Crippen LogP contribution is -2.42. The molecule has 1 amide bonds. The Morgan fingerprint density at radius 3 is 2.86 bits per heavy atom. The lowest BCUT2D eigenvalue weighted by molar-refractivity contribution is -0.0321. The van der Waals surface area contributed by atoms with Gasteiger partial charge in [-0.1, -0.05) is 0 Å². The molecule has 0 spiro atoms. The first kappa shape index (κ1) is 14.8. The summed E-state index contributed by atoms with van der Waals surface area (Å²) in [7, 11) is 0. The van der Waals surface area contributed by atoms with E-state index in [1.807, 2.05) is 16.8 Å². The molecule has 1 saturated heterocycles. The van der Waals surface area contributed by atoms with Crippen LogP contribution < -0.4 is 0 Å². The fourth-order valence-corrected chi connectivity index (χ4v) is 2.46. The van der Waals surface area contributed by atoms with Crippen molar-refractivity contribution in [3.63, 3.8) is 0 Å². The van der Waals surface area contributed by atoms with Crippen molar-refractivity contribution < 1.29 is 13.9 Å². The first-order valence-electron chi connectivity index (χ1n) is 7.44. The first-order chi connectivity index (χ1) is 10.4. The number of ether oxygens (including phenoxy) is 1. The van der Waals surface area contributed by atoms with Crippen LogP contribution in [0.2, 0.25) is 0 Å². The highest BCUT2D eigenvalue weighted by Gasteiger charge is 2.28. The summed E-state index contributed by atoms with van der Waals surface area (Å²) in [6.07, 6.45) is 4.85. The van der Waals surface area contributed by atoms with Crippen molar-refractivity contribution in [2.75, 3.05) is 19.7 Å². The van der Waals surface area contributed by atoms with Crippen molar-refractivity contribution in [1.82, 2.24) is 14.7 Å². The normalized spacial score (nSPS) is 19.4. The van der Waals surface area contributed by atoms with E-state index in [1.54, 1.807) is 23.6 Å². The van der Waals surface area contributed by atoms with E-state index in [0.717, 1.165) is 5.76 Å². The van der Waals surface area contributed by atoms with Gasteiger partial charge < -0.3 is 14.1 Å². The van der Waals surface area contributed by atoms with Crippen LogP contribution in [0, 0.1) is 0 Å². The molecule has 6 heteroatoms. The van der Waals surface area contributed by atoms with Gasteiger partial charge >= 0.3 is 0 Å². The number of aromatic nitrogens is 2. The Kier molecular flexibility index (Phi) is 3.78. The van der Waals surface area contributed by atoms with Crippen molar-refractivity contribution in [3.8, 4) is 0 Å². The van der Waals surface area contributed by atoms with E-state index in [0.29, 0.717) is 25.3 Å². The topological polar surface area (TPSA) is 60.5 Å². The minimum Gasteiger partial charge on any atom is -0.467 e. The molecule has 3 heterocycles. The summed E-state index contributed by atoms with van der Waals surface area (Å²) in [5, 5.41) is 4.29. The zero-order valence-corrected chi connectivity index (χ0v) is 13.2. The molecule has 0 unspecified atom stereocenters. The van der Waals surface area contributed by atoms with E-state index < -0.39 is 0 Å². The summed E-state index contributed by atoms with van der Waals surface area (Å²) in [6, 6.07) is 3.70. The van der Waals surface area contributed by atoms with Crippen LogP contribution in [-0.2, 0) is 10.3 Å². The van der Waals surface area contributed by atoms with E-state index in [9.17, 15) is 4.79 Å². The Balaban J connectivity index is 1.73. The Bertz CT molecular complexity index is 640. The van der Waals surface area contributed by atoms with Gasteiger partial charge in [-0.05, 0) is 32.9 Å². The number of nitrogens with zero attached hydrogens (tertiary/aromatic N) is 3. The maximum absolute atomic E-state index is 12.6. The smallest absolute Gasteiger partial charge is 0.257 e. The highest BCUT2D eigenvalue weighted by atomic mass is 16.5. The molecule has 22 heavy (non-hydrogen) atoms. The molecule has 0 radical (unpaired) electrons. The molecule has 3 rings (SSSR count). The monoisotopic (exact) mass is 303 g/mol. The van der Waals surface area contributed by atoms with Gasteiger partial charge in [0.2, 0.25) is 0 Å². The zero-order valence-electron chi connectivity index (χ0n) is 13.2. The predicted molar refractivity (Wildman–Crippen MR) is 80.5 cm³/mol. The fourth-order valence-electron chi connectivity index (χ4n) is 2.46. The van der Waals surface area contributed by atoms with Gasteiger partial charge in [-0.25, -0.2) is 0 Å². The van der Waals surface area contributed by atoms with Crippen LogP contribution in [0.3, 0.4) is 0 Å². The molecule has 1 fully saturated rings. The van der Waals surface area contributed by atoms with E-state index >= 15 is 0 Å². The van der Waals surface area contributed by atoms with Crippen LogP contribution in [0.4, 0.5) is 0 Å². The van der Waals surface area contributed by atoms with Gasteiger partial charge in [0.05, 0.1) is 36.7 Å². The average Bonchev–Trinajstić information content (AvgIpc) is 3.17. The Labute approximate surface area is 129 Å². The van der Waals surface area contributed by atoms with Gasteiger partial charge in [0.15, 0.2) is 0 Å². The molecule has 1 atom stereocenters. The van der Waals surface area contributed by atoms with Gasteiger partial charge in [-0.15, -0.1) is 0 Å². The number of rotatable bonds is 2. The molecule has 6 nitrogen and oxygen atoms in total. The lowest BCUT2D eigenvalue weighted by Gasteiger charge is -2.31. The summed E-state index contributed by atoms with van der Waals surface area (Å²) in [5.74, 6) is 0.734.